The average molecular weight is 455 g/mol. The van der Waals surface area contributed by atoms with Crippen molar-refractivity contribution in [3.63, 3.8) is 0 Å². The molecule has 3 N–H and O–H groups in total. The summed E-state index contributed by atoms with van der Waals surface area (Å²) in [7, 11) is -0.884. The van der Waals surface area contributed by atoms with Crippen molar-refractivity contribution in [3.05, 3.63) is 71.9 Å². The third kappa shape index (κ3) is 4.99. The number of ether oxygens (including phenoxy) is 1. The lowest BCUT2D eigenvalue weighted by atomic mass is 10.0. The number of nitrogens with one attached hydrogen (secondary N) is 1. The summed E-state index contributed by atoms with van der Waals surface area (Å²) in [5.74, 6) is 0.416. The van der Waals surface area contributed by atoms with E-state index in [0.29, 0.717) is 11.3 Å². The molecule has 9 heteroatoms. The normalized spacial score (nSPS) is 12.2. The summed E-state index contributed by atoms with van der Waals surface area (Å²) in [5.41, 5.74) is 3.59. The van der Waals surface area contributed by atoms with Gasteiger partial charge in [0.05, 0.1) is 24.2 Å². The second-order valence-corrected chi connectivity index (χ2v) is 10.0. The highest BCUT2D eigenvalue weighted by atomic mass is 31.2. The Balaban J connectivity index is 1.73. The van der Waals surface area contributed by atoms with E-state index in [1.54, 1.807) is 48.3 Å². The lowest BCUT2D eigenvalue weighted by Crippen LogP contribution is -2.17. The van der Waals surface area contributed by atoms with E-state index in [-0.39, 0.29) is 5.91 Å². The van der Waals surface area contributed by atoms with Crippen LogP contribution in [-0.4, -0.2) is 32.6 Å². The monoisotopic (exact) mass is 455 g/mol. The Hall–Kier alpha value is -3.19. The van der Waals surface area contributed by atoms with Gasteiger partial charge < -0.3 is 19.8 Å². The molecule has 1 aromatic heterocycles. The minimum absolute atomic E-state index is 0.337. The number of rotatable bonds is 7. The smallest absolute Gasteiger partial charge is 0.335 e. The minimum Gasteiger partial charge on any atom is -0.497 e. The molecule has 0 atom stereocenters. The van der Waals surface area contributed by atoms with Crippen LogP contribution in [0.2, 0.25) is 0 Å². The summed E-state index contributed by atoms with van der Waals surface area (Å²) in [6, 6.07) is 14.0. The number of nitrogens with zero attached hydrogens (tertiary/aromatic N) is 2. The molecule has 0 aliphatic rings. The van der Waals surface area contributed by atoms with Crippen LogP contribution in [0.5, 0.6) is 5.75 Å². The molecule has 0 aliphatic carbocycles. The van der Waals surface area contributed by atoms with Crippen molar-refractivity contribution in [3.8, 4) is 17.0 Å². The zero-order valence-electron chi connectivity index (χ0n) is 18.3. The Labute approximate surface area is 186 Å². The van der Waals surface area contributed by atoms with Gasteiger partial charge in [-0.1, -0.05) is 12.1 Å². The van der Waals surface area contributed by atoms with Gasteiger partial charge in [0.1, 0.15) is 5.75 Å². The van der Waals surface area contributed by atoms with Gasteiger partial charge in [0.2, 0.25) is 5.91 Å². The van der Waals surface area contributed by atoms with Crippen LogP contribution in [0.15, 0.2) is 60.8 Å². The van der Waals surface area contributed by atoms with Gasteiger partial charge in [-0.05, 0) is 61.9 Å². The fourth-order valence-electron chi connectivity index (χ4n) is 3.16. The van der Waals surface area contributed by atoms with Crippen molar-refractivity contribution >= 4 is 25.3 Å². The van der Waals surface area contributed by atoms with E-state index in [1.165, 1.54) is 19.9 Å². The zero-order valence-corrected chi connectivity index (χ0v) is 19.2. The van der Waals surface area contributed by atoms with E-state index >= 15 is 0 Å². The summed E-state index contributed by atoms with van der Waals surface area (Å²) in [6.07, 6.45) is 4.78. The highest BCUT2D eigenvalue weighted by Crippen LogP contribution is 2.56. The number of benzene rings is 2. The molecule has 3 aromatic rings. The summed E-state index contributed by atoms with van der Waals surface area (Å²) < 4.78 is 18.6. The molecule has 0 fully saturated rings. The molecule has 0 spiro atoms. The van der Waals surface area contributed by atoms with E-state index in [9.17, 15) is 19.1 Å². The lowest BCUT2D eigenvalue weighted by Gasteiger charge is -2.26. The Kier molecular flexibility index (Phi) is 6.69. The van der Waals surface area contributed by atoms with Gasteiger partial charge in [-0.15, -0.1) is 0 Å². The van der Waals surface area contributed by atoms with E-state index in [4.69, 9.17) is 4.74 Å². The first-order valence-electron chi connectivity index (χ1n) is 9.84. The van der Waals surface area contributed by atoms with E-state index in [0.717, 1.165) is 22.6 Å². The van der Waals surface area contributed by atoms with E-state index in [1.807, 2.05) is 31.3 Å². The molecule has 1 amide bonds. The summed E-state index contributed by atoms with van der Waals surface area (Å²) in [6.45, 7) is 2.97. The summed E-state index contributed by atoms with van der Waals surface area (Å²) in [4.78, 5) is 31.5. The Morgan fingerprint density at radius 3 is 2.31 bits per heavy atom. The molecule has 0 bridgehead atoms. The maximum absolute atomic E-state index is 12.4. The minimum atomic E-state index is -4.32. The van der Waals surface area contributed by atoms with E-state index in [2.05, 4.69) is 10.4 Å². The Bertz CT molecular complexity index is 1180. The number of methoxy groups -OCH3 is 1. The van der Waals surface area contributed by atoms with Crippen LogP contribution >= 0.6 is 7.60 Å². The van der Waals surface area contributed by atoms with Crippen molar-refractivity contribution in [1.29, 1.82) is 0 Å². The molecule has 0 saturated heterocycles. The standard InChI is InChI=1S/C23H26N3O5P/c1-23(2,32(28,29)30)18-8-10-19(11-9-18)25-21(27)14-7-17-15-24-26(3)22(17)16-5-12-20(31-4)13-6-16/h5-15H,1-4H3,(H,25,27)(H2,28,29,30). The Morgan fingerprint density at radius 1 is 1.12 bits per heavy atom. The largest absolute Gasteiger partial charge is 0.497 e. The first-order chi connectivity index (χ1) is 15.0. The Morgan fingerprint density at radius 2 is 1.75 bits per heavy atom. The number of amides is 1. The number of anilines is 1. The molecule has 2 aromatic carbocycles. The van der Waals surface area contributed by atoms with Crippen LogP contribution in [-0.2, 0) is 21.6 Å². The van der Waals surface area contributed by atoms with Crippen molar-refractivity contribution in [2.75, 3.05) is 12.4 Å². The van der Waals surface area contributed by atoms with Crippen LogP contribution < -0.4 is 10.1 Å². The highest BCUT2D eigenvalue weighted by molar-refractivity contribution is 7.53. The summed E-state index contributed by atoms with van der Waals surface area (Å²) >= 11 is 0. The number of hydrogen-bond donors (Lipinski definition) is 3. The molecule has 1 heterocycles. The SMILES string of the molecule is COc1ccc(-c2c(C=CC(=O)Nc3ccc(C(C)(C)P(=O)(O)O)cc3)cnn2C)cc1. The maximum atomic E-state index is 12.4. The summed E-state index contributed by atoms with van der Waals surface area (Å²) in [5, 5.41) is 5.72. The molecule has 168 valence electrons. The molecule has 3 rings (SSSR count). The molecule has 0 unspecified atom stereocenters. The van der Waals surface area contributed by atoms with Gasteiger partial charge >= 0.3 is 7.60 Å². The van der Waals surface area contributed by atoms with Gasteiger partial charge in [-0.2, -0.15) is 5.10 Å². The highest BCUT2D eigenvalue weighted by Gasteiger charge is 2.39. The lowest BCUT2D eigenvalue weighted by molar-refractivity contribution is -0.111. The number of aromatic nitrogens is 2. The number of aryl methyl sites for hydroxylation is 1. The predicted octanol–water partition coefficient (Wildman–Crippen LogP) is 4.16. The third-order valence-corrected chi connectivity index (χ3v) is 7.05. The third-order valence-electron chi connectivity index (χ3n) is 5.33. The van der Waals surface area contributed by atoms with Crippen LogP contribution in [0.4, 0.5) is 5.69 Å². The van der Waals surface area contributed by atoms with Crippen molar-refractivity contribution < 1.29 is 23.9 Å². The van der Waals surface area contributed by atoms with Crippen molar-refractivity contribution in [2.24, 2.45) is 7.05 Å². The van der Waals surface area contributed by atoms with Crippen molar-refractivity contribution in [2.45, 2.75) is 19.0 Å². The number of hydrogen-bond acceptors (Lipinski definition) is 4. The van der Waals surface area contributed by atoms with Crippen molar-refractivity contribution in [1.82, 2.24) is 9.78 Å². The molecule has 0 aliphatic heterocycles. The molecule has 32 heavy (non-hydrogen) atoms. The fourth-order valence-corrected chi connectivity index (χ4v) is 3.64. The molecular formula is C23H26N3O5P. The average Bonchev–Trinajstić information content (AvgIpc) is 3.12. The fraction of sp³-hybridized carbons (Fsp3) is 0.217. The van der Waals surface area contributed by atoms with Crippen LogP contribution in [0.1, 0.15) is 25.0 Å². The van der Waals surface area contributed by atoms with Crippen LogP contribution in [0.3, 0.4) is 0 Å². The van der Waals surface area contributed by atoms with Gasteiger partial charge in [0.15, 0.2) is 0 Å². The molecule has 0 radical (unpaired) electrons. The quantitative estimate of drug-likeness (QED) is 0.364. The maximum Gasteiger partial charge on any atom is 0.335 e. The first kappa shape index (κ1) is 23.5. The molecular weight excluding hydrogens is 429 g/mol. The first-order valence-corrected chi connectivity index (χ1v) is 11.5. The van der Waals surface area contributed by atoms with Crippen LogP contribution in [0.25, 0.3) is 17.3 Å². The molecule has 8 nitrogen and oxygen atoms in total. The number of carbonyl (C=O) groups is 1. The predicted molar refractivity (Wildman–Crippen MR) is 124 cm³/mol. The molecule has 0 saturated carbocycles. The zero-order chi connectivity index (χ0) is 23.5. The second-order valence-electron chi connectivity index (χ2n) is 7.80. The van der Waals surface area contributed by atoms with Gasteiger partial charge in [-0.3, -0.25) is 14.0 Å². The second kappa shape index (κ2) is 9.12. The van der Waals surface area contributed by atoms with Gasteiger partial charge in [0.25, 0.3) is 0 Å². The topological polar surface area (TPSA) is 114 Å². The van der Waals surface area contributed by atoms with Gasteiger partial charge in [0, 0.05) is 29.9 Å². The van der Waals surface area contributed by atoms with Crippen LogP contribution in [0, 0.1) is 0 Å². The van der Waals surface area contributed by atoms with Gasteiger partial charge in [-0.25, -0.2) is 0 Å². The number of carbonyl (C=O) groups excluding carboxylic acids is 1. The van der Waals surface area contributed by atoms with E-state index < -0.39 is 12.8 Å².